The maximum absolute atomic E-state index is 12.4. The Labute approximate surface area is 188 Å². The number of nitrogens with zero attached hydrogens (tertiary/aromatic N) is 1. The van der Waals surface area contributed by atoms with Gasteiger partial charge in [0.1, 0.15) is 0 Å². The standard InChI is InChI=1S/C28H25N3O/c29-20-23-7-12-24(13-8-23)25-5-3-4-21(18-25)11-16-28(32)31-26-14-9-22(10-15-26)19-27-6-1-2-17-30-27/h1-18H,19-20,29H2,(H,31,32)/b16-11+. The molecule has 0 fully saturated rings. The van der Waals surface area contributed by atoms with Gasteiger partial charge in [-0.2, -0.15) is 0 Å². The molecule has 0 aliphatic rings. The summed E-state index contributed by atoms with van der Waals surface area (Å²) in [7, 11) is 0. The second-order valence-electron chi connectivity index (χ2n) is 7.54. The topological polar surface area (TPSA) is 68.0 Å². The number of nitrogens with two attached hydrogens (primary N) is 1. The van der Waals surface area contributed by atoms with Crippen molar-refractivity contribution in [3.63, 3.8) is 0 Å². The van der Waals surface area contributed by atoms with Crippen molar-refractivity contribution in [3.8, 4) is 11.1 Å². The first-order valence-corrected chi connectivity index (χ1v) is 10.6. The molecule has 0 radical (unpaired) electrons. The van der Waals surface area contributed by atoms with E-state index < -0.39 is 0 Å². The Morgan fingerprint density at radius 3 is 2.34 bits per heavy atom. The van der Waals surface area contributed by atoms with E-state index in [1.54, 1.807) is 12.3 Å². The molecule has 1 heterocycles. The lowest BCUT2D eigenvalue weighted by atomic mass is 10.0. The molecule has 1 aromatic heterocycles. The van der Waals surface area contributed by atoms with Gasteiger partial charge in [-0.15, -0.1) is 0 Å². The van der Waals surface area contributed by atoms with Gasteiger partial charge in [0.05, 0.1) is 0 Å². The van der Waals surface area contributed by atoms with Crippen LogP contribution >= 0.6 is 0 Å². The number of nitrogens with one attached hydrogen (secondary N) is 1. The van der Waals surface area contributed by atoms with Crippen LogP contribution < -0.4 is 11.1 Å². The van der Waals surface area contributed by atoms with Gasteiger partial charge in [0.2, 0.25) is 5.91 Å². The summed E-state index contributed by atoms with van der Waals surface area (Å²) >= 11 is 0. The van der Waals surface area contributed by atoms with Crippen molar-refractivity contribution in [2.75, 3.05) is 5.32 Å². The minimum absolute atomic E-state index is 0.167. The second-order valence-corrected chi connectivity index (χ2v) is 7.54. The van der Waals surface area contributed by atoms with Crippen LogP contribution in [0.25, 0.3) is 17.2 Å². The highest BCUT2D eigenvalue weighted by molar-refractivity contribution is 6.02. The average Bonchev–Trinajstić information content (AvgIpc) is 2.85. The Hall–Kier alpha value is -4.02. The molecule has 3 aromatic carbocycles. The highest BCUT2D eigenvalue weighted by Crippen LogP contribution is 2.21. The molecule has 4 heteroatoms. The lowest BCUT2D eigenvalue weighted by Gasteiger charge is -2.06. The van der Waals surface area contributed by atoms with E-state index in [0.717, 1.165) is 45.6 Å². The van der Waals surface area contributed by atoms with Gasteiger partial charge in [-0.25, -0.2) is 0 Å². The van der Waals surface area contributed by atoms with Crippen molar-refractivity contribution in [2.24, 2.45) is 5.73 Å². The molecule has 4 rings (SSSR count). The number of aromatic nitrogens is 1. The molecule has 0 atom stereocenters. The van der Waals surface area contributed by atoms with Crippen molar-refractivity contribution < 1.29 is 4.79 Å². The molecule has 0 bridgehead atoms. The smallest absolute Gasteiger partial charge is 0.248 e. The molecule has 3 N–H and O–H groups in total. The molecule has 0 aliphatic carbocycles. The van der Waals surface area contributed by atoms with E-state index in [1.807, 2.05) is 72.8 Å². The number of amides is 1. The second kappa shape index (κ2) is 10.3. The summed E-state index contributed by atoms with van der Waals surface area (Å²) in [4.78, 5) is 16.7. The van der Waals surface area contributed by atoms with Gasteiger partial charge in [0.15, 0.2) is 0 Å². The minimum atomic E-state index is -0.167. The lowest BCUT2D eigenvalue weighted by Crippen LogP contribution is -2.07. The molecule has 0 unspecified atom stereocenters. The Kier molecular flexibility index (Phi) is 6.85. The first-order chi connectivity index (χ1) is 15.7. The number of pyridine rings is 1. The summed E-state index contributed by atoms with van der Waals surface area (Å²) in [6.07, 6.45) is 5.94. The third-order valence-corrected chi connectivity index (χ3v) is 5.17. The molecular formula is C28H25N3O. The van der Waals surface area contributed by atoms with Gasteiger partial charge in [-0.05, 0) is 64.2 Å². The van der Waals surface area contributed by atoms with Gasteiger partial charge >= 0.3 is 0 Å². The van der Waals surface area contributed by atoms with Crippen LogP contribution in [0.15, 0.2) is 103 Å². The minimum Gasteiger partial charge on any atom is -0.326 e. The number of hydrogen-bond acceptors (Lipinski definition) is 3. The molecule has 4 aromatic rings. The highest BCUT2D eigenvalue weighted by Gasteiger charge is 2.02. The van der Waals surface area contributed by atoms with Crippen LogP contribution in [0.3, 0.4) is 0 Å². The summed E-state index contributed by atoms with van der Waals surface area (Å²) < 4.78 is 0. The number of carbonyl (C=O) groups is 1. The van der Waals surface area contributed by atoms with Crippen molar-refractivity contribution in [1.29, 1.82) is 0 Å². The molecular weight excluding hydrogens is 394 g/mol. The fraction of sp³-hybridized carbons (Fsp3) is 0.0714. The maximum Gasteiger partial charge on any atom is 0.248 e. The Morgan fingerprint density at radius 2 is 1.62 bits per heavy atom. The predicted molar refractivity (Wildman–Crippen MR) is 131 cm³/mol. The molecule has 0 saturated heterocycles. The Balaban J connectivity index is 1.37. The zero-order valence-corrected chi connectivity index (χ0v) is 17.7. The van der Waals surface area contributed by atoms with Crippen LogP contribution in [0.5, 0.6) is 0 Å². The number of benzene rings is 3. The van der Waals surface area contributed by atoms with E-state index in [-0.39, 0.29) is 5.91 Å². The summed E-state index contributed by atoms with van der Waals surface area (Å²) in [5.41, 5.74) is 12.9. The van der Waals surface area contributed by atoms with E-state index in [2.05, 4.69) is 34.6 Å². The Bertz CT molecular complexity index is 1200. The molecule has 0 spiro atoms. The Morgan fingerprint density at radius 1 is 0.844 bits per heavy atom. The summed E-state index contributed by atoms with van der Waals surface area (Å²) in [5.74, 6) is -0.167. The maximum atomic E-state index is 12.4. The van der Waals surface area contributed by atoms with Crippen LogP contribution in [0.4, 0.5) is 5.69 Å². The van der Waals surface area contributed by atoms with E-state index in [9.17, 15) is 4.79 Å². The third kappa shape index (κ3) is 5.78. The number of rotatable bonds is 7. The number of anilines is 1. The van der Waals surface area contributed by atoms with Gasteiger partial charge in [-0.3, -0.25) is 9.78 Å². The van der Waals surface area contributed by atoms with Gasteiger partial charge in [0, 0.05) is 36.6 Å². The van der Waals surface area contributed by atoms with Crippen molar-refractivity contribution >= 4 is 17.7 Å². The fourth-order valence-electron chi connectivity index (χ4n) is 3.43. The molecule has 0 saturated carbocycles. The quantitative estimate of drug-likeness (QED) is 0.391. The van der Waals surface area contributed by atoms with Crippen LogP contribution in [0, 0.1) is 0 Å². The molecule has 0 aliphatic heterocycles. The average molecular weight is 420 g/mol. The van der Waals surface area contributed by atoms with E-state index in [0.29, 0.717) is 6.54 Å². The van der Waals surface area contributed by atoms with Crippen LogP contribution in [0.1, 0.15) is 22.4 Å². The molecule has 4 nitrogen and oxygen atoms in total. The fourth-order valence-corrected chi connectivity index (χ4v) is 3.43. The normalized spacial score (nSPS) is 10.9. The molecule has 32 heavy (non-hydrogen) atoms. The number of hydrogen-bond donors (Lipinski definition) is 2. The van der Waals surface area contributed by atoms with Gasteiger partial charge < -0.3 is 11.1 Å². The largest absolute Gasteiger partial charge is 0.326 e. The van der Waals surface area contributed by atoms with Gasteiger partial charge in [-0.1, -0.05) is 60.7 Å². The SMILES string of the molecule is NCc1ccc(-c2cccc(/C=C/C(=O)Nc3ccc(Cc4ccccn4)cc3)c2)cc1. The highest BCUT2D eigenvalue weighted by atomic mass is 16.1. The van der Waals surface area contributed by atoms with Crippen molar-refractivity contribution in [2.45, 2.75) is 13.0 Å². The van der Waals surface area contributed by atoms with Crippen LogP contribution in [-0.4, -0.2) is 10.9 Å². The van der Waals surface area contributed by atoms with E-state index >= 15 is 0 Å². The zero-order chi connectivity index (χ0) is 22.2. The van der Waals surface area contributed by atoms with Crippen molar-refractivity contribution in [1.82, 2.24) is 4.98 Å². The predicted octanol–water partition coefficient (Wildman–Crippen LogP) is 5.45. The van der Waals surface area contributed by atoms with Gasteiger partial charge in [0.25, 0.3) is 0 Å². The first-order valence-electron chi connectivity index (χ1n) is 10.6. The molecule has 158 valence electrons. The summed E-state index contributed by atoms with van der Waals surface area (Å²) in [6.45, 7) is 0.533. The van der Waals surface area contributed by atoms with E-state index in [4.69, 9.17) is 5.73 Å². The van der Waals surface area contributed by atoms with Crippen LogP contribution in [0.2, 0.25) is 0 Å². The van der Waals surface area contributed by atoms with Crippen LogP contribution in [-0.2, 0) is 17.8 Å². The van der Waals surface area contributed by atoms with Crippen molar-refractivity contribution in [3.05, 3.63) is 126 Å². The van der Waals surface area contributed by atoms with E-state index in [1.165, 1.54) is 0 Å². The monoisotopic (exact) mass is 419 g/mol. The molecule has 1 amide bonds. The lowest BCUT2D eigenvalue weighted by molar-refractivity contribution is -0.111. The number of carbonyl (C=O) groups excluding carboxylic acids is 1. The zero-order valence-electron chi connectivity index (χ0n) is 17.7. The summed E-state index contributed by atoms with van der Waals surface area (Å²) in [6, 6.07) is 30.0. The third-order valence-electron chi connectivity index (χ3n) is 5.17. The first kappa shape index (κ1) is 21.2. The summed E-state index contributed by atoms with van der Waals surface area (Å²) in [5, 5.41) is 2.91.